The normalized spacial score (nSPS) is 39.2. The van der Waals surface area contributed by atoms with Gasteiger partial charge in [-0.2, -0.15) is 123 Å². The molecule has 0 aromatic carbocycles. The van der Waals surface area contributed by atoms with Gasteiger partial charge in [0.15, 0.2) is 0 Å². The number of hydrogen-bond acceptors (Lipinski definition) is 1. The molecule has 1 nitrogen and oxygen atoms in total. The van der Waals surface area contributed by atoms with Gasteiger partial charge < -0.3 is 0 Å². The minimum absolute atomic E-state index is 6.11. The van der Waals surface area contributed by atoms with Gasteiger partial charge in [-0.05, 0) is 0 Å². The van der Waals surface area contributed by atoms with Crippen molar-refractivity contribution in [2.75, 3.05) is 0 Å². The molecule has 3 fully saturated rings. The van der Waals surface area contributed by atoms with Crippen LogP contribution in [0.1, 0.15) is 0 Å². The van der Waals surface area contributed by atoms with E-state index >= 15 is 17.6 Å². The number of alkyl halides is 31. The lowest BCUT2D eigenvalue weighted by Gasteiger charge is -2.58. The lowest BCUT2D eigenvalue weighted by molar-refractivity contribution is -0.510. The third-order valence-electron chi connectivity index (χ3n) is 7.87. The summed E-state index contributed by atoms with van der Waals surface area (Å²) in [5.74, 6) is -125. The van der Waals surface area contributed by atoms with Gasteiger partial charge in [-0.1, -0.05) is 0 Å². The molecule has 2 saturated carbocycles. The van der Waals surface area contributed by atoms with E-state index in [1.807, 2.05) is 0 Å². The fourth-order valence-electron chi connectivity index (χ4n) is 5.27. The lowest BCUT2D eigenvalue weighted by Crippen LogP contribution is -2.92. The van der Waals surface area contributed by atoms with E-state index in [4.69, 9.17) is 0 Å². The van der Waals surface area contributed by atoms with Gasteiger partial charge in [0.2, 0.25) is 0 Å². The molecule has 1 saturated heterocycles. The molecule has 0 aromatic heterocycles. The summed E-state index contributed by atoms with van der Waals surface area (Å²) in [7, 11) is 0. The van der Waals surface area contributed by atoms with Crippen molar-refractivity contribution in [2.24, 2.45) is 0 Å². The third kappa shape index (κ3) is 3.08. The molecule has 290 valence electrons. The first-order valence-electron chi connectivity index (χ1n) is 10.8. The molecular formula is C17F31N. The van der Waals surface area contributed by atoms with Gasteiger partial charge in [-0.15, -0.1) is 0 Å². The van der Waals surface area contributed by atoms with Gasteiger partial charge in [-0.3, -0.25) is 0 Å². The second-order valence-electron chi connectivity index (χ2n) is 10.3. The van der Waals surface area contributed by atoms with E-state index in [1.54, 1.807) is 0 Å². The summed E-state index contributed by atoms with van der Waals surface area (Å²) in [5, 5.41) is 0. The fourth-order valence-corrected chi connectivity index (χ4v) is 5.27. The highest BCUT2D eigenvalue weighted by atomic mass is 19.4. The second-order valence-corrected chi connectivity index (χ2v) is 10.3. The quantitative estimate of drug-likeness (QED) is 0.203. The van der Waals surface area contributed by atoms with Crippen LogP contribution in [0, 0.1) is 0 Å². The Morgan fingerprint density at radius 3 is 0.714 bits per heavy atom. The van der Waals surface area contributed by atoms with Crippen LogP contribution in [-0.4, -0.2) is 105 Å². The zero-order chi connectivity index (χ0) is 40.1. The minimum Gasteiger partial charge on any atom is -0.227 e. The van der Waals surface area contributed by atoms with E-state index in [0.717, 1.165) is 0 Å². The summed E-state index contributed by atoms with van der Waals surface area (Å²) in [5.41, 5.74) is -20.2. The Labute approximate surface area is 242 Å². The van der Waals surface area contributed by atoms with E-state index in [1.165, 1.54) is 0 Å². The average Bonchev–Trinajstić information content (AvgIpc) is 3.02. The lowest BCUT2D eigenvalue weighted by atomic mass is 9.58. The van der Waals surface area contributed by atoms with Crippen LogP contribution in [0.15, 0.2) is 0 Å². The van der Waals surface area contributed by atoms with Gasteiger partial charge >= 0.3 is 77.4 Å². The molecule has 4 atom stereocenters. The predicted molar refractivity (Wildman–Crippen MR) is 82.6 cm³/mol. The Balaban J connectivity index is 2.87. The zero-order valence-corrected chi connectivity index (χ0v) is 20.7. The molecule has 0 radical (unpaired) electrons. The van der Waals surface area contributed by atoms with Gasteiger partial charge in [0, 0.05) is 0 Å². The molecule has 49 heavy (non-hydrogen) atoms. The molecule has 1 heterocycles. The van der Waals surface area contributed by atoms with Crippen molar-refractivity contribution in [1.29, 1.82) is 0 Å². The molecule has 3 aliphatic rings. The van der Waals surface area contributed by atoms with Crippen LogP contribution in [0.25, 0.3) is 0 Å². The summed E-state index contributed by atoms with van der Waals surface area (Å²) in [6.07, 6.45) is -8.57. The van der Waals surface area contributed by atoms with Gasteiger partial charge in [-0.25, -0.2) is 17.6 Å². The van der Waals surface area contributed by atoms with Crippen molar-refractivity contribution in [1.82, 2.24) is 4.90 Å². The van der Waals surface area contributed by atoms with E-state index in [0.29, 0.717) is 0 Å². The number of rotatable bonds is 4. The van der Waals surface area contributed by atoms with Crippen LogP contribution in [0.4, 0.5) is 136 Å². The Hall–Kier alpha value is -2.21. The molecule has 1 aliphatic heterocycles. The minimum atomic E-state index is -10.3. The van der Waals surface area contributed by atoms with Gasteiger partial charge in [0.05, 0.1) is 0 Å². The molecule has 0 amide bonds. The van der Waals surface area contributed by atoms with Crippen LogP contribution in [-0.2, 0) is 0 Å². The fraction of sp³-hybridized carbons (Fsp3) is 1.00. The smallest absolute Gasteiger partial charge is 0.227 e. The number of likely N-dealkylation sites (tertiary alicyclic amines) is 1. The van der Waals surface area contributed by atoms with Crippen LogP contribution in [0.3, 0.4) is 0 Å². The topological polar surface area (TPSA) is 3.24 Å². The summed E-state index contributed by atoms with van der Waals surface area (Å²) < 4.78 is 442. The van der Waals surface area contributed by atoms with Gasteiger partial charge in [0.25, 0.3) is 22.9 Å². The van der Waals surface area contributed by atoms with Crippen molar-refractivity contribution in [3.63, 3.8) is 0 Å². The van der Waals surface area contributed by atoms with Gasteiger partial charge in [0.1, 0.15) is 0 Å². The Morgan fingerprint density at radius 1 is 0.265 bits per heavy atom. The van der Waals surface area contributed by atoms with Crippen LogP contribution >= 0.6 is 0 Å². The van der Waals surface area contributed by atoms with E-state index < -0.39 is 105 Å². The number of halogens is 31. The van der Waals surface area contributed by atoms with Crippen LogP contribution in [0.5, 0.6) is 0 Å². The first kappa shape index (κ1) is 41.2. The first-order chi connectivity index (χ1) is 20.6. The molecule has 0 bridgehead atoms. The van der Waals surface area contributed by atoms with Crippen LogP contribution < -0.4 is 0 Å². The molecule has 32 heteroatoms. The number of nitrogens with zero attached hydrogens (tertiary/aromatic N) is 1. The molecule has 3 rings (SSSR count). The summed E-state index contributed by atoms with van der Waals surface area (Å²) >= 11 is 0. The average molecular weight is 807 g/mol. The van der Waals surface area contributed by atoms with E-state index in [2.05, 4.69) is 0 Å². The maximum absolute atomic E-state index is 15.8. The Morgan fingerprint density at radius 2 is 0.490 bits per heavy atom. The first-order valence-corrected chi connectivity index (χ1v) is 10.8. The van der Waals surface area contributed by atoms with Crippen molar-refractivity contribution in [3.05, 3.63) is 0 Å². The molecule has 0 unspecified atom stereocenters. The molecule has 0 N–H and O–H groups in total. The Kier molecular flexibility index (Phi) is 7.31. The summed E-state index contributed by atoms with van der Waals surface area (Å²) in [4.78, 5) is -6.11. The zero-order valence-electron chi connectivity index (χ0n) is 20.7. The monoisotopic (exact) mass is 807 g/mol. The second kappa shape index (κ2) is 8.69. The van der Waals surface area contributed by atoms with Crippen molar-refractivity contribution >= 4 is 0 Å². The Bertz CT molecular complexity index is 1330. The third-order valence-corrected chi connectivity index (χ3v) is 7.87. The van der Waals surface area contributed by atoms with E-state index in [-0.39, 0.29) is 0 Å². The maximum atomic E-state index is 15.8. The summed E-state index contributed by atoms with van der Waals surface area (Å²) in [6, 6.07) is -10.3. The molecule has 0 aromatic rings. The van der Waals surface area contributed by atoms with Crippen molar-refractivity contribution in [2.45, 2.75) is 100 Å². The standard InChI is InChI=1S/C17F31N/c18-1-2(19)4(22,23)6(26,27)8(30,31)11(36,37)15(2,43)49(14(1,42)10(34,35)7(28,29)5(24,25)3(1,20)21)17(47,48)13(40,41)9(32,33)12(38,39)16(44,45)46/t1-,2-,14-,15+/m1/s1. The maximum Gasteiger partial charge on any atom is 0.460 e. The highest BCUT2D eigenvalue weighted by molar-refractivity contribution is 5.49. The van der Waals surface area contributed by atoms with Crippen LogP contribution in [0.2, 0.25) is 0 Å². The highest BCUT2D eigenvalue weighted by Crippen LogP contribution is 2.86. The molecule has 2 aliphatic carbocycles. The summed E-state index contributed by atoms with van der Waals surface area (Å²) in [6.45, 7) is 0. The predicted octanol–water partition coefficient (Wildman–Crippen LogP) is 9.22. The molecular weight excluding hydrogens is 807 g/mol. The number of fused-ring (bicyclic) bond motifs is 3. The number of hydrogen-bond donors (Lipinski definition) is 0. The van der Waals surface area contributed by atoms with E-state index in [9.17, 15) is 119 Å². The molecule has 0 spiro atoms. The SMILES string of the molecule is FC(F)(F)C(F)(F)C(F)(F)C(F)(F)C(F)(F)N1[C@@]2(F)C(F)(F)C(F)(F)C(F)(F)C(F)(F)[C@]2(F)[C@@]2(F)C(F)(F)C(F)(F)C(F)(F)C(F)(F)[C@@]12F. The largest absolute Gasteiger partial charge is 0.460 e. The van der Waals surface area contributed by atoms with Crippen molar-refractivity contribution in [3.8, 4) is 0 Å². The van der Waals surface area contributed by atoms with Crippen molar-refractivity contribution < 1.29 is 136 Å². The highest BCUT2D eigenvalue weighted by Gasteiger charge is 3.20.